The van der Waals surface area contributed by atoms with E-state index in [1.54, 1.807) is 27.7 Å². The van der Waals surface area contributed by atoms with E-state index in [4.69, 9.17) is 14.6 Å². The van der Waals surface area contributed by atoms with Gasteiger partial charge in [0.1, 0.15) is 16.9 Å². The van der Waals surface area contributed by atoms with Crippen LogP contribution >= 0.6 is 0 Å². The van der Waals surface area contributed by atoms with Gasteiger partial charge in [0.25, 0.3) is 0 Å². The highest BCUT2D eigenvalue weighted by molar-refractivity contribution is 5.95. The zero-order valence-corrected chi connectivity index (χ0v) is 12.9. The van der Waals surface area contributed by atoms with E-state index in [9.17, 15) is 14.4 Å². The Morgan fingerprint density at radius 2 is 1.86 bits per heavy atom. The number of anilines is 1. The van der Waals surface area contributed by atoms with E-state index >= 15 is 0 Å². The first-order valence-corrected chi connectivity index (χ1v) is 6.70. The van der Waals surface area contributed by atoms with Crippen molar-refractivity contribution in [2.24, 2.45) is 0 Å². The average molecular weight is 309 g/mol. The van der Waals surface area contributed by atoms with Gasteiger partial charge < -0.3 is 14.6 Å². The standard InChI is InChI=1S/C15H19NO6/c1-5-12(17)21-11-7-6-9(8-10(11)13(18)19)16-14(20)22-15(2,3)4/h6-8H,5H2,1-4H3,(H,16,20)(H,18,19). The fourth-order valence-electron chi connectivity index (χ4n) is 1.48. The Hall–Kier alpha value is -2.57. The molecule has 0 aromatic heterocycles. The van der Waals surface area contributed by atoms with E-state index in [0.29, 0.717) is 0 Å². The molecule has 0 aliphatic heterocycles. The van der Waals surface area contributed by atoms with Gasteiger partial charge in [-0.1, -0.05) is 6.92 Å². The Labute approximate surface area is 128 Å². The maximum absolute atomic E-state index is 11.7. The van der Waals surface area contributed by atoms with Crippen molar-refractivity contribution in [2.75, 3.05) is 5.32 Å². The molecule has 1 aromatic carbocycles. The summed E-state index contributed by atoms with van der Waals surface area (Å²) in [6.45, 7) is 6.73. The molecule has 0 fully saturated rings. The lowest BCUT2D eigenvalue weighted by molar-refractivity contribution is -0.134. The van der Waals surface area contributed by atoms with Crippen LogP contribution < -0.4 is 10.1 Å². The molecular weight excluding hydrogens is 290 g/mol. The third-order valence-corrected chi connectivity index (χ3v) is 2.37. The highest BCUT2D eigenvalue weighted by Crippen LogP contribution is 2.24. The second-order valence-electron chi connectivity index (χ2n) is 5.47. The molecule has 1 rings (SSSR count). The number of carbonyl (C=O) groups is 3. The van der Waals surface area contributed by atoms with Crippen molar-refractivity contribution in [1.29, 1.82) is 0 Å². The van der Waals surface area contributed by atoms with Crippen molar-refractivity contribution in [1.82, 2.24) is 0 Å². The van der Waals surface area contributed by atoms with Crippen molar-refractivity contribution in [3.63, 3.8) is 0 Å². The van der Waals surface area contributed by atoms with Crippen molar-refractivity contribution >= 4 is 23.7 Å². The van der Waals surface area contributed by atoms with Gasteiger partial charge in [0.2, 0.25) is 0 Å². The van der Waals surface area contributed by atoms with Crippen LogP contribution in [0.1, 0.15) is 44.5 Å². The Kier molecular flexibility index (Phi) is 5.50. The maximum Gasteiger partial charge on any atom is 0.412 e. The number of hydrogen-bond donors (Lipinski definition) is 2. The van der Waals surface area contributed by atoms with E-state index < -0.39 is 23.6 Å². The highest BCUT2D eigenvalue weighted by Gasteiger charge is 2.18. The lowest BCUT2D eigenvalue weighted by atomic mass is 10.1. The van der Waals surface area contributed by atoms with E-state index in [-0.39, 0.29) is 23.4 Å². The molecule has 7 nitrogen and oxygen atoms in total. The van der Waals surface area contributed by atoms with Crippen molar-refractivity contribution < 1.29 is 29.0 Å². The summed E-state index contributed by atoms with van der Waals surface area (Å²) in [5.74, 6) is -1.89. The van der Waals surface area contributed by atoms with Crippen LogP contribution in [0.5, 0.6) is 5.75 Å². The van der Waals surface area contributed by atoms with Crippen LogP contribution in [-0.4, -0.2) is 28.7 Å². The number of rotatable bonds is 4. The molecule has 1 aromatic rings. The van der Waals surface area contributed by atoms with Crippen LogP contribution in [0.3, 0.4) is 0 Å². The third kappa shape index (κ3) is 5.43. The summed E-state index contributed by atoms with van der Waals surface area (Å²) in [6, 6.07) is 3.93. The largest absolute Gasteiger partial charge is 0.478 e. The Bertz CT molecular complexity index is 588. The normalized spacial score (nSPS) is 10.7. The van der Waals surface area contributed by atoms with Crippen LogP contribution in [0.15, 0.2) is 18.2 Å². The molecule has 0 bridgehead atoms. The lowest BCUT2D eigenvalue weighted by Gasteiger charge is -2.19. The first kappa shape index (κ1) is 17.5. The van der Waals surface area contributed by atoms with Gasteiger partial charge in [0, 0.05) is 12.1 Å². The number of aromatic carboxylic acids is 1. The molecular formula is C15H19NO6. The van der Waals surface area contributed by atoms with Crippen LogP contribution in [0.2, 0.25) is 0 Å². The Morgan fingerprint density at radius 3 is 2.36 bits per heavy atom. The number of carboxylic acids is 1. The van der Waals surface area contributed by atoms with Crippen LogP contribution in [-0.2, 0) is 9.53 Å². The van der Waals surface area contributed by atoms with Crippen molar-refractivity contribution in [3.8, 4) is 5.75 Å². The Morgan fingerprint density at radius 1 is 1.23 bits per heavy atom. The van der Waals surface area contributed by atoms with Gasteiger partial charge in [0.05, 0.1) is 0 Å². The summed E-state index contributed by atoms with van der Waals surface area (Å²) >= 11 is 0. The smallest absolute Gasteiger partial charge is 0.412 e. The molecule has 22 heavy (non-hydrogen) atoms. The van der Waals surface area contributed by atoms with Crippen LogP contribution in [0, 0.1) is 0 Å². The second-order valence-corrected chi connectivity index (χ2v) is 5.47. The number of amides is 1. The number of esters is 1. The molecule has 0 saturated heterocycles. The van der Waals surface area contributed by atoms with Gasteiger partial charge in [-0.25, -0.2) is 9.59 Å². The number of carbonyl (C=O) groups excluding carboxylic acids is 2. The van der Waals surface area contributed by atoms with Crippen LogP contribution in [0.4, 0.5) is 10.5 Å². The molecule has 0 unspecified atom stereocenters. The second kappa shape index (κ2) is 6.93. The van der Waals surface area contributed by atoms with E-state index in [1.165, 1.54) is 18.2 Å². The summed E-state index contributed by atoms with van der Waals surface area (Å²) in [6.07, 6.45) is -0.584. The number of nitrogens with one attached hydrogen (secondary N) is 1. The van der Waals surface area contributed by atoms with Gasteiger partial charge >= 0.3 is 18.0 Å². The molecule has 0 saturated carbocycles. The fraction of sp³-hybridized carbons (Fsp3) is 0.400. The Balaban J connectivity index is 2.95. The minimum Gasteiger partial charge on any atom is -0.478 e. The molecule has 7 heteroatoms. The minimum atomic E-state index is -1.27. The van der Waals surface area contributed by atoms with Gasteiger partial charge in [0.15, 0.2) is 0 Å². The lowest BCUT2D eigenvalue weighted by Crippen LogP contribution is -2.27. The first-order chi connectivity index (χ1) is 10.1. The molecule has 2 N–H and O–H groups in total. The predicted octanol–water partition coefficient (Wildman–Crippen LogP) is 3.05. The topological polar surface area (TPSA) is 102 Å². The number of ether oxygens (including phenoxy) is 2. The maximum atomic E-state index is 11.7. The van der Waals surface area contributed by atoms with Gasteiger partial charge in [-0.3, -0.25) is 10.1 Å². The van der Waals surface area contributed by atoms with Crippen LogP contribution in [0.25, 0.3) is 0 Å². The summed E-state index contributed by atoms with van der Waals surface area (Å²) in [7, 11) is 0. The molecule has 0 aliphatic rings. The minimum absolute atomic E-state index is 0.0749. The van der Waals surface area contributed by atoms with E-state index in [0.717, 1.165) is 0 Å². The number of hydrogen-bond acceptors (Lipinski definition) is 5. The fourth-order valence-corrected chi connectivity index (χ4v) is 1.48. The molecule has 0 heterocycles. The molecule has 0 spiro atoms. The highest BCUT2D eigenvalue weighted by atomic mass is 16.6. The zero-order valence-electron chi connectivity index (χ0n) is 12.9. The zero-order chi connectivity index (χ0) is 16.9. The summed E-state index contributed by atoms with van der Waals surface area (Å²) in [5.41, 5.74) is -0.672. The third-order valence-electron chi connectivity index (χ3n) is 2.37. The molecule has 0 atom stereocenters. The summed E-state index contributed by atoms with van der Waals surface area (Å²) in [5, 5.41) is 11.6. The van der Waals surface area contributed by atoms with E-state index in [1.807, 2.05) is 0 Å². The average Bonchev–Trinajstić information content (AvgIpc) is 2.37. The monoisotopic (exact) mass is 309 g/mol. The summed E-state index contributed by atoms with van der Waals surface area (Å²) < 4.78 is 10.0. The van der Waals surface area contributed by atoms with Gasteiger partial charge in [-0.2, -0.15) is 0 Å². The van der Waals surface area contributed by atoms with E-state index in [2.05, 4.69) is 5.32 Å². The SMILES string of the molecule is CCC(=O)Oc1ccc(NC(=O)OC(C)(C)C)cc1C(=O)O. The summed E-state index contributed by atoms with van der Waals surface area (Å²) in [4.78, 5) is 34.1. The first-order valence-electron chi connectivity index (χ1n) is 6.70. The number of benzene rings is 1. The van der Waals surface area contributed by atoms with Crippen molar-refractivity contribution in [2.45, 2.75) is 39.7 Å². The number of carboxylic acid groups (broad SMARTS) is 1. The molecule has 0 aliphatic carbocycles. The molecule has 1 amide bonds. The predicted molar refractivity (Wildman–Crippen MR) is 79.2 cm³/mol. The molecule has 0 radical (unpaired) electrons. The van der Waals surface area contributed by atoms with Gasteiger partial charge in [-0.05, 0) is 39.0 Å². The van der Waals surface area contributed by atoms with Gasteiger partial charge in [-0.15, -0.1) is 0 Å². The molecule has 120 valence electrons. The van der Waals surface area contributed by atoms with Crippen molar-refractivity contribution in [3.05, 3.63) is 23.8 Å². The quantitative estimate of drug-likeness (QED) is 0.654.